The van der Waals surface area contributed by atoms with Gasteiger partial charge in [0.15, 0.2) is 5.96 Å². The number of aliphatic imine (C=N–C) groups is 1. The van der Waals surface area contributed by atoms with Crippen molar-refractivity contribution in [3.8, 4) is 0 Å². The molecule has 0 saturated carbocycles. The van der Waals surface area contributed by atoms with Crippen LogP contribution in [-0.2, 0) is 11.2 Å². The largest absolute Gasteiger partial charge is 0.369 e. The standard InChI is InChI=1S/C17H25ClFN5O/c1-21-17(22-8-5-13-14(18)3-2-4-15(13)19)23-12-6-9-24(10-7-12)11-16(20)25/h2-4,12H,5-11H2,1H3,(H2,20,25)(H2,21,22,23). The molecule has 1 aromatic rings. The van der Waals surface area contributed by atoms with Gasteiger partial charge in [0.05, 0.1) is 6.54 Å². The van der Waals surface area contributed by atoms with Crippen molar-refractivity contribution in [2.45, 2.75) is 25.3 Å². The first-order valence-corrected chi connectivity index (χ1v) is 8.78. The van der Waals surface area contributed by atoms with Crippen molar-refractivity contribution in [3.63, 3.8) is 0 Å². The van der Waals surface area contributed by atoms with Gasteiger partial charge >= 0.3 is 0 Å². The van der Waals surface area contributed by atoms with Gasteiger partial charge in [-0.05, 0) is 31.4 Å². The van der Waals surface area contributed by atoms with Crippen molar-refractivity contribution in [2.24, 2.45) is 10.7 Å². The van der Waals surface area contributed by atoms with Gasteiger partial charge in [0, 0.05) is 43.3 Å². The van der Waals surface area contributed by atoms with Crippen LogP contribution in [0.3, 0.4) is 0 Å². The third-order valence-corrected chi connectivity index (χ3v) is 4.61. The Balaban J connectivity index is 1.75. The molecule has 1 fully saturated rings. The number of primary amides is 1. The number of nitrogens with one attached hydrogen (secondary N) is 2. The number of hydrogen-bond acceptors (Lipinski definition) is 3. The van der Waals surface area contributed by atoms with Crippen LogP contribution in [0.2, 0.25) is 5.02 Å². The van der Waals surface area contributed by atoms with E-state index in [1.807, 2.05) is 0 Å². The molecule has 4 N–H and O–H groups in total. The van der Waals surface area contributed by atoms with Crippen LogP contribution in [-0.4, -0.2) is 56.0 Å². The third-order valence-electron chi connectivity index (χ3n) is 4.26. The van der Waals surface area contributed by atoms with E-state index in [2.05, 4.69) is 20.5 Å². The van der Waals surface area contributed by atoms with E-state index in [1.54, 1.807) is 19.2 Å². The number of amides is 1. The number of rotatable bonds is 6. The molecule has 0 aromatic heterocycles. The highest BCUT2D eigenvalue weighted by Crippen LogP contribution is 2.19. The van der Waals surface area contributed by atoms with E-state index in [0.717, 1.165) is 25.9 Å². The molecule has 0 aliphatic carbocycles. The second-order valence-electron chi connectivity index (χ2n) is 6.11. The van der Waals surface area contributed by atoms with E-state index >= 15 is 0 Å². The second kappa shape index (κ2) is 9.58. The molecule has 0 atom stereocenters. The maximum Gasteiger partial charge on any atom is 0.231 e. The molecule has 6 nitrogen and oxygen atoms in total. The minimum absolute atomic E-state index is 0.285. The van der Waals surface area contributed by atoms with Crippen LogP contribution in [0.1, 0.15) is 18.4 Å². The quantitative estimate of drug-likeness (QED) is 0.518. The molecular weight excluding hydrogens is 345 g/mol. The second-order valence-corrected chi connectivity index (χ2v) is 6.52. The molecule has 2 rings (SSSR count). The zero-order valence-corrected chi connectivity index (χ0v) is 15.2. The van der Waals surface area contributed by atoms with Crippen molar-refractivity contribution in [1.29, 1.82) is 0 Å². The van der Waals surface area contributed by atoms with Crippen molar-refractivity contribution in [1.82, 2.24) is 15.5 Å². The highest BCUT2D eigenvalue weighted by molar-refractivity contribution is 6.31. The zero-order valence-electron chi connectivity index (χ0n) is 14.4. The number of hydrogen-bond donors (Lipinski definition) is 3. The van der Waals surface area contributed by atoms with Crippen LogP contribution in [0, 0.1) is 5.82 Å². The molecule has 1 amide bonds. The van der Waals surface area contributed by atoms with Crippen LogP contribution in [0.5, 0.6) is 0 Å². The Labute approximate surface area is 152 Å². The summed E-state index contributed by atoms with van der Waals surface area (Å²) in [5.74, 6) is 0.0931. The summed E-state index contributed by atoms with van der Waals surface area (Å²) < 4.78 is 13.8. The van der Waals surface area contributed by atoms with E-state index in [4.69, 9.17) is 17.3 Å². The van der Waals surface area contributed by atoms with Crippen LogP contribution in [0.4, 0.5) is 4.39 Å². The number of nitrogens with zero attached hydrogens (tertiary/aromatic N) is 2. The third kappa shape index (κ3) is 6.17. The number of guanidine groups is 1. The minimum Gasteiger partial charge on any atom is -0.369 e. The van der Waals surface area contributed by atoms with Crippen LogP contribution >= 0.6 is 11.6 Å². The first kappa shape index (κ1) is 19.5. The predicted octanol–water partition coefficient (Wildman–Crippen LogP) is 1.14. The van der Waals surface area contributed by atoms with Crippen molar-refractivity contribution >= 4 is 23.5 Å². The fourth-order valence-electron chi connectivity index (χ4n) is 2.92. The molecule has 0 spiro atoms. The average Bonchev–Trinajstić information content (AvgIpc) is 2.57. The van der Waals surface area contributed by atoms with Crippen LogP contribution in [0.15, 0.2) is 23.2 Å². The topological polar surface area (TPSA) is 82.8 Å². The Kier molecular flexibility index (Phi) is 7.46. The normalized spacial score (nSPS) is 16.7. The van der Waals surface area contributed by atoms with Crippen LogP contribution < -0.4 is 16.4 Å². The van der Waals surface area contributed by atoms with Crippen LogP contribution in [0.25, 0.3) is 0 Å². The summed E-state index contributed by atoms with van der Waals surface area (Å²) in [4.78, 5) is 17.2. The van der Waals surface area contributed by atoms with Gasteiger partial charge in [0.1, 0.15) is 5.82 Å². The molecular formula is C17H25ClFN5O. The number of piperidine rings is 1. The fourth-order valence-corrected chi connectivity index (χ4v) is 3.18. The smallest absolute Gasteiger partial charge is 0.231 e. The van der Waals surface area contributed by atoms with Gasteiger partial charge in [-0.15, -0.1) is 0 Å². The summed E-state index contributed by atoms with van der Waals surface area (Å²) in [6, 6.07) is 4.98. The number of likely N-dealkylation sites (tertiary alicyclic amines) is 1. The molecule has 1 aliphatic rings. The Hall–Kier alpha value is -1.86. The van der Waals surface area contributed by atoms with Gasteiger partial charge in [-0.3, -0.25) is 14.7 Å². The molecule has 1 aromatic carbocycles. The lowest BCUT2D eigenvalue weighted by Gasteiger charge is -2.32. The van der Waals surface area contributed by atoms with Gasteiger partial charge in [0.2, 0.25) is 5.91 Å². The van der Waals surface area contributed by atoms with Gasteiger partial charge < -0.3 is 16.4 Å². The summed E-state index contributed by atoms with van der Waals surface area (Å²) >= 11 is 6.03. The molecule has 0 radical (unpaired) electrons. The van der Waals surface area contributed by atoms with E-state index in [9.17, 15) is 9.18 Å². The summed E-state index contributed by atoms with van der Waals surface area (Å²) in [7, 11) is 1.70. The SMILES string of the molecule is CN=C(NCCc1c(F)cccc1Cl)NC1CCN(CC(N)=O)CC1. The zero-order chi connectivity index (χ0) is 18.2. The number of nitrogens with two attached hydrogens (primary N) is 1. The Morgan fingerprint density at radius 3 is 2.76 bits per heavy atom. The summed E-state index contributed by atoms with van der Waals surface area (Å²) in [6.45, 7) is 2.48. The van der Waals surface area contributed by atoms with E-state index in [0.29, 0.717) is 36.1 Å². The Morgan fingerprint density at radius 2 is 2.16 bits per heavy atom. The molecule has 25 heavy (non-hydrogen) atoms. The molecule has 138 valence electrons. The summed E-state index contributed by atoms with van der Waals surface area (Å²) in [5.41, 5.74) is 5.73. The van der Waals surface area contributed by atoms with Crippen molar-refractivity contribution in [2.75, 3.05) is 33.2 Å². The Bertz CT molecular complexity index is 597. The summed E-state index contributed by atoms with van der Waals surface area (Å²) in [6.07, 6.45) is 2.30. The molecule has 0 unspecified atom stereocenters. The minimum atomic E-state index is -0.296. The maximum atomic E-state index is 13.8. The first-order valence-electron chi connectivity index (χ1n) is 8.40. The lowest BCUT2D eigenvalue weighted by Crippen LogP contribution is -2.50. The molecule has 1 heterocycles. The molecule has 1 saturated heterocycles. The van der Waals surface area contributed by atoms with Gasteiger partial charge in [0.25, 0.3) is 0 Å². The van der Waals surface area contributed by atoms with Gasteiger partial charge in [-0.25, -0.2) is 4.39 Å². The molecule has 1 aliphatic heterocycles. The highest BCUT2D eigenvalue weighted by Gasteiger charge is 2.20. The predicted molar refractivity (Wildman–Crippen MR) is 98.3 cm³/mol. The highest BCUT2D eigenvalue weighted by atomic mass is 35.5. The maximum absolute atomic E-state index is 13.8. The van der Waals surface area contributed by atoms with E-state index in [1.165, 1.54) is 6.07 Å². The number of benzene rings is 1. The van der Waals surface area contributed by atoms with Crippen molar-refractivity contribution < 1.29 is 9.18 Å². The molecule has 8 heteroatoms. The van der Waals surface area contributed by atoms with E-state index in [-0.39, 0.29) is 17.8 Å². The lowest BCUT2D eigenvalue weighted by molar-refractivity contribution is -0.119. The first-order chi connectivity index (χ1) is 12.0. The monoisotopic (exact) mass is 369 g/mol. The average molecular weight is 370 g/mol. The number of halogens is 2. The van der Waals surface area contributed by atoms with E-state index < -0.39 is 0 Å². The fraction of sp³-hybridized carbons (Fsp3) is 0.529. The van der Waals surface area contributed by atoms with Gasteiger partial charge in [-0.2, -0.15) is 0 Å². The number of carbonyl (C=O) groups is 1. The lowest BCUT2D eigenvalue weighted by atomic mass is 10.1. The Morgan fingerprint density at radius 1 is 1.44 bits per heavy atom. The number of carbonyl (C=O) groups excluding carboxylic acids is 1. The molecule has 0 bridgehead atoms. The summed E-state index contributed by atoms with van der Waals surface area (Å²) in [5, 5.41) is 6.99. The van der Waals surface area contributed by atoms with Gasteiger partial charge in [-0.1, -0.05) is 17.7 Å². The van der Waals surface area contributed by atoms with Crippen molar-refractivity contribution in [3.05, 3.63) is 34.6 Å².